The van der Waals surface area contributed by atoms with Crippen molar-refractivity contribution in [1.29, 1.82) is 0 Å². The van der Waals surface area contributed by atoms with Gasteiger partial charge in [0.15, 0.2) is 0 Å². The number of anilines is 6. The molecule has 5 heterocycles. The minimum Gasteiger partial charge on any atom is -0.316 e. The number of aromatic nitrogens is 1. The minimum atomic E-state index is -0.0532. The predicted molar refractivity (Wildman–Crippen MR) is 336 cm³/mol. The van der Waals surface area contributed by atoms with Crippen LogP contribution in [0.2, 0.25) is 0 Å². The summed E-state index contributed by atoms with van der Waals surface area (Å²) in [7, 11) is 0. The summed E-state index contributed by atoms with van der Waals surface area (Å²) in [5.41, 5.74) is 18.1. The van der Waals surface area contributed by atoms with E-state index >= 15 is 0 Å². The maximum atomic E-state index is 3.53. The summed E-state index contributed by atoms with van der Waals surface area (Å²) in [4.78, 5) is 4.78. The maximum Gasteiger partial charge on any atom is 0.0621 e. The highest BCUT2D eigenvalue weighted by Gasteiger charge is 2.38. The van der Waals surface area contributed by atoms with E-state index in [0.717, 1.165) is 10.9 Å². The van der Waals surface area contributed by atoms with E-state index in [1.54, 1.807) is 0 Å². The van der Waals surface area contributed by atoms with Gasteiger partial charge < -0.3 is 14.4 Å². The van der Waals surface area contributed by atoms with Gasteiger partial charge in [-0.3, -0.25) is 0 Å². The molecular weight excluding hydrogens is 1040 g/mol. The van der Waals surface area contributed by atoms with Crippen LogP contribution in [0.25, 0.3) is 63.0 Å². The van der Waals surface area contributed by atoms with Gasteiger partial charge in [-0.2, -0.15) is 0 Å². The Balaban J connectivity index is 0.000000117. The van der Waals surface area contributed by atoms with Crippen molar-refractivity contribution >= 4 is 130 Å². The molecule has 0 atom stereocenters. The Morgan fingerprint density at radius 3 is 1.36 bits per heavy atom. The van der Waals surface area contributed by atoms with Crippen LogP contribution in [-0.2, 0) is 17.3 Å². The number of para-hydroxylation sites is 4. The molecule has 2 aliphatic heterocycles. The van der Waals surface area contributed by atoms with Crippen molar-refractivity contribution < 1.29 is 0 Å². The minimum absolute atomic E-state index is 0.000942. The van der Waals surface area contributed by atoms with E-state index in [2.05, 4.69) is 301 Å². The SMILES string of the molecule is C1=Cc2ccc3sc4ccccc4c3c2C1.CC1(C)c2ccccc2N(c2ccc(-n3ccc4ccc5sc6ccccc6c5c43)cc2)c2ccccc21.CC1(C)c2ccccc2N(c2ccc(Br)cc2)c2ccccc21. The maximum absolute atomic E-state index is 3.53. The molecule has 16 rings (SSSR count). The van der Waals surface area contributed by atoms with E-state index in [1.165, 1.54) is 124 Å². The summed E-state index contributed by atoms with van der Waals surface area (Å²) in [6.07, 6.45) is 7.80. The average Bonchev–Trinajstić information content (AvgIpc) is 4.38. The van der Waals surface area contributed by atoms with Gasteiger partial charge in [0.05, 0.1) is 28.3 Å². The van der Waals surface area contributed by atoms with Crippen molar-refractivity contribution in [3.63, 3.8) is 0 Å². The molecule has 6 heteroatoms. The molecule has 13 aromatic rings. The first-order valence-electron chi connectivity index (χ1n) is 26.5. The Morgan fingerprint density at radius 2 is 0.831 bits per heavy atom. The van der Waals surface area contributed by atoms with Crippen molar-refractivity contribution in [2.45, 2.75) is 44.9 Å². The third-order valence-corrected chi connectivity index (χ3v) is 19.0. The molecule has 0 saturated carbocycles. The molecule has 0 amide bonds. The summed E-state index contributed by atoms with van der Waals surface area (Å²) >= 11 is 7.30. The molecule has 3 nitrogen and oxygen atoms in total. The first-order valence-corrected chi connectivity index (χ1v) is 28.9. The quantitative estimate of drug-likeness (QED) is 0.175. The summed E-state index contributed by atoms with van der Waals surface area (Å²) in [5, 5.41) is 6.84. The fraction of sp³-hybridized carbons (Fsp3) is 0.0986. The van der Waals surface area contributed by atoms with Gasteiger partial charge in [0.1, 0.15) is 0 Å². The van der Waals surface area contributed by atoms with E-state index < -0.39 is 0 Å². The second-order valence-electron chi connectivity index (χ2n) is 21.4. The molecule has 1 aliphatic carbocycles. The van der Waals surface area contributed by atoms with Crippen LogP contribution in [0.4, 0.5) is 34.1 Å². The molecule has 372 valence electrons. The Kier molecular flexibility index (Phi) is 11.5. The largest absolute Gasteiger partial charge is 0.316 e. The fourth-order valence-electron chi connectivity index (χ4n) is 12.5. The summed E-state index contributed by atoms with van der Waals surface area (Å²) in [6.45, 7) is 9.28. The van der Waals surface area contributed by atoms with Crippen molar-refractivity contribution in [2.24, 2.45) is 0 Å². The first kappa shape index (κ1) is 47.5. The lowest BCUT2D eigenvalue weighted by Gasteiger charge is -2.42. The zero-order valence-corrected chi connectivity index (χ0v) is 46.6. The topological polar surface area (TPSA) is 11.4 Å². The zero-order valence-electron chi connectivity index (χ0n) is 43.3. The average molecular weight is 1090 g/mol. The number of hydrogen-bond acceptors (Lipinski definition) is 4. The predicted octanol–water partition coefficient (Wildman–Crippen LogP) is 21.3. The molecule has 0 radical (unpaired) electrons. The van der Waals surface area contributed by atoms with Crippen molar-refractivity contribution in [3.05, 3.63) is 275 Å². The smallest absolute Gasteiger partial charge is 0.0621 e. The summed E-state index contributed by atoms with van der Waals surface area (Å²) in [5.74, 6) is 0. The van der Waals surface area contributed by atoms with Crippen molar-refractivity contribution in [1.82, 2.24) is 4.57 Å². The fourth-order valence-corrected chi connectivity index (χ4v) is 15.0. The first-order chi connectivity index (χ1) is 37.6. The normalized spacial score (nSPS) is 14.4. The van der Waals surface area contributed by atoms with E-state index in [-0.39, 0.29) is 10.8 Å². The molecule has 0 N–H and O–H groups in total. The highest BCUT2D eigenvalue weighted by Crippen LogP contribution is 2.53. The summed E-state index contributed by atoms with van der Waals surface area (Å²) in [6, 6.07) is 81.4. The number of halogens is 1. The lowest BCUT2D eigenvalue weighted by molar-refractivity contribution is 0.632. The monoisotopic (exact) mass is 1090 g/mol. The lowest BCUT2D eigenvalue weighted by Crippen LogP contribution is -2.30. The Hall–Kier alpha value is -8.00. The summed E-state index contributed by atoms with van der Waals surface area (Å²) < 4.78 is 8.94. The van der Waals surface area contributed by atoms with Gasteiger partial charge in [-0.1, -0.05) is 177 Å². The van der Waals surface area contributed by atoms with Crippen LogP contribution in [0.3, 0.4) is 0 Å². The lowest BCUT2D eigenvalue weighted by atomic mass is 9.73. The second-order valence-corrected chi connectivity index (χ2v) is 24.4. The standard InChI is InChI=1S/C35H26N2S.C21H18BrN.C15H10S/c1-35(2)27-10-4-6-12-29(27)37(30-13-7-5-11-28(30)35)25-18-16-24(17-19-25)36-22-21-23-15-20-32-33(34(23)36)26-9-3-8-14-31(26)38-32;1-21(2)17-7-3-5-9-19(17)23(16-13-11-15(22)12-14-16)20-10-6-4-8-18(20)21;1-2-7-13-12(5-1)15-11-6-3-4-10(11)8-9-14(15)16-13/h3-22H,1-2H3;3-14H,1-2H3;1-5,7-9H,6H2. The number of allylic oxidation sites excluding steroid dienone is 1. The van der Waals surface area contributed by atoms with E-state index in [0.29, 0.717) is 0 Å². The third-order valence-electron chi connectivity index (χ3n) is 16.2. The highest BCUT2D eigenvalue weighted by molar-refractivity contribution is 9.10. The zero-order chi connectivity index (χ0) is 52.0. The number of benzene rings is 10. The second kappa shape index (κ2) is 18.6. The van der Waals surface area contributed by atoms with Gasteiger partial charge in [0.2, 0.25) is 0 Å². The van der Waals surface area contributed by atoms with Crippen LogP contribution in [0.1, 0.15) is 61.1 Å². The number of rotatable bonds is 3. The molecule has 0 spiro atoms. The molecular formula is C71H54BrN3S2. The molecule has 77 heavy (non-hydrogen) atoms. The van der Waals surface area contributed by atoms with Gasteiger partial charge in [0.25, 0.3) is 0 Å². The number of hydrogen-bond donors (Lipinski definition) is 0. The Labute approximate surface area is 466 Å². The van der Waals surface area contributed by atoms with Gasteiger partial charge in [-0.05, 0) is 143 Å². The van der Waals surface area contributed by atoms with Gasteiger partial charge in [-0.15, -0.1) is 22.7 Å². The molecule has 3 aliphatic rings. The van der Waals surface area contributed by atoms with E-state index in [1.807, 2.05) is 22.7 Å². The molecule has 0 saturated heterocycles. The van der Waals surface area contributed by atoms with E-state index in [4.69, 9.17) is 0 Å². The van der Waals surface area contributed by atoms with Gasteiger partial charge >= 0.3 is 0 Å². The molecule has 0 unspecified atom stereocenters. The van der Waals surface area contributed by atoms with Crippen molar-refractivity contribution in [3.8, 4) is 5.69 Å². The number of fused-ring (bicyclic) bond motifs is 14. The van der Waals surface area contributed by atoms with Crippen LogP contribution in [0.5, 0.6) is 0 Å². The molecule has 10 aromatic carbocycles. The number of thiophene rings is 2. The van der Waals surface area contributed by atoms with Crippen molar-refractivity contribution in [2.75, 3.05) is 9.80 Å². The third kappa shape index (κ3) is 7.79. The number of nitrogens with zero attached hydrogens (tertiary/aromatic N) is 3. The molecule has 0 fully saturated rings. The Morgan fingerprint density at radius 1 is 0.403 bits per heavy atom. The molecule has 0 bridgehead atoms. The van der Waals surface area contributed by atoms with Crippen LogP contribution in [-0.4, -0.2) is 4.57 Å². The highest BCUT2D eigenvalue weighted by atomic mass is 79.9. The van der Waals surface area contributed by atoms with Gasteiger partial charge in [-0.25, -0.2) is 0 Å². The van der Waals surface area contributed by atoms with E-state index in [9.17, 15) is 0 Å². The van der Waals surface area contributed by atoms with Crippen LogP contribution < -0.4 is 9.80 Å². The van der Waals surface area contributed by atoms with Crippen LogP contribution in [0, 0.1) is 0 Å². The van der Waals surface area contributed by atoms with Crippen LogP contribution in [0.15, 0.2) is 241 Å². The van der Waals surface area contributed by atoms with Gasteiger partial charge in [0, 0.05) is 84.3 Å². The van der Waals surface area contributed by atoms with Crippen LogP contribution >= 0.6 is 38.6 Å². The molecule has 3 aromatic heterocycles. The Bertz CT molecular complexity index is 4360.